The first kappa shape index (κ1) is 17.7. The number of rotatable bonds is 3. The van der Waals surface area contributed by atoms with Gasteiger partial charge in [0, 0.05) is 11.9 Å². The Morgan fingerprint density at radius 3 is 2.64 bits per heavy atom. The van der Waals surface area contributed by atoms with Gasteiger partial charge < -0.3 is 15.1 Å². The van der Waals surface area contributed by atoms with E-state index in [4.69, 9.17) is 4.42 Å². The predicted molar refractivity (Wildman–Crippen MR) is 99.3 cm³/mol. The van der Waals surface area contributed by atoms with E-state index in [0.717, 1.165) is 24.8 Å². The van der Waals surface area contributed by atoms with Gasteiger partial charge in [-0.05, 0) is 48.3 Å². The quantitative estimate of drug-likeness (QED) is 0.865. The minimum absolute atomic E-state index is 0.151. The van der Waals surface area contributed by atoms with Gasteiger partial charge >= 0.3 is 0 Å². The molecule has 0 saturated carbocycles. The lowest BCUT2D eigenvalue weighted by Crippen LogP contribution is -2.27. The molecule has 25 heavy (non-hydrogen) atoms. The molecule has 0 radical (unpaired) electrons. The number of hydrogen-bond acceptors (Lipinski definition) is 4. The molecule has 0 saturated heterocycles. The zero-order chi connectivity index (χ0) is 18.2. The number of furan rings is 1. The zero-order valence-electron chi connectivity index (χ0n) is 15.1. The maximum Gasteiger partial charge on any atom is 0.291 e. The average molecular weight is 360 g/mol. The maximum atomic E-state index is 12.4. The molecule has 0 unspecified atom stereocenters. The zero-order valence-corrected chi connectivity index (χ0v) is 15.9. The van der Waals surface area contributed by atoms with Gasteiger partial charge in [0.25, 0.3) is 11.8 Å². The molecular weight excluding hydrogens is 336 g/mol. The summed E-state index contributed by atoms with van der Waals surface area (Å²) >= 11 is 1.52. The van der Waals surface area contributed by atoms with E-state index in [0.29, 0.717) is 16.5 Å². The summed E-state index contributed by atoms with van der Waals surface area (Å²) in [7, 11) is 1.62. The number of hydrogen-bond donors (Lipinski definition) is 2. The number of amides is 2. The molecule has 1 atom stereocenters. The lowest BCUT2D eigenvalue weighted by atomic mass is 9.72. The Bertz CT molecular complexity index is 784. The lowest BCUT2D eigenvalue weighted by Gasteiger charge is -2.33. The van der Waals surface area contributed by atoms with E-state index < -0.39 is 0 Å². The molecule has 2 amide bonds. The van der Waals surface area contributed by atoms with Crippen molar-refractivity contribution in [1.29, 1.82) is 0 Å². The summed E-state index contributed by atoms with van der Waals surface area (Å²) in [6.07, 6.45) is 4.34. The third-order valence-electron chi connectivity index (χ3n) is 4.92. The summed E-state index contributed by atoms with van der Waals surface area (Å²) in [5, 5.41) is 6.18. The van der Waals surface area contributed by atoms with Gasteiger partial charge in [-0.25, -0.2) is 0 Å². The second-order valence-corrected chi connectivity index (χ2v) is 8.63. The van der Waals surface area contributed by atoms with Crippen molar-refractivity contribution in [3.8, 4) is 0 Å². The number of carbonyl (C=O) groups is 2. The van der Waals surface area contributed by atoms with Gasteiger partial charge in [0.05, 0.1) is 11.8 Å². The largest absolute Gasteiger partial charge is 0.459 e. The van der Waals surface area contributed by atoms with Gasteiger partial charge in [-0.1, -0.05) is 20.8 Å². The molecule has 0 bridgehead atoms. The first-order chi connectivity index (χ1) is 11.8. The van der Waals surface area contributed by atoms with Crippen LogP contribution in [0.15, 0.2) is 22.8 Å². The van der Waals surface area contributed by atoms with Crippen LogP contribution in [0.1, 0.15) is 58.5 Å². The Morgan fingerprint density at radius 2 is 2.04 bits per heavy atom. The van der Waals surface area contributed by atoms with E-state index in [2.05, 4.69) is 31.4 Å². The van der Waals surface area contributed by atoms with Gasteiger partial charge in [-0.3, -0.25) is 9.59 Å². The summed E-state index contributed by atoms with van der Waals surface area (Å²) < 4.78 is 5.15. The molecule has 0 spiro atoms. The van der Waals surface area contributed by atoms with Crippen molar-refractivity contribution in [3.05, 3.63) is 40.2 Å². The van der Waals surface area contributed by atoms with Gasteiger partial charge in [0.15, 0.2) is 5.76 Å². The molecule has 134 valence electrons. The third-order valence-corrected chi connectivity index (χ3v) is 6.09. The van der Waals surface area contributed by atoms with Crippen LogP contribution >= 0.6 is 11.3 Å². The van der Waals surface area contributed by atoms with Crippen molar-refractivity contribution < 1.29 is 14.0 Å². The smallest absolute Gasteiger partial charge is 0.291 e. The standard InChI is InChI=1S/C19H24N2O3S/c1-19(2,3)11-7-8-12-14(10-11)25-18(15(12)17(23)20-4)21-16(22)13-6-5-9-24-13/h5-6,9,11H,7-8,10H2,1-4H3,(H,20,23)(H,21,22)/t11-/m1/s1. The molecule has 0 fully saturated rings. The number of anilines is 1. The fourth-order valence-electron chi connectivity index (χ4n) is 3.35. The highest BCUT2D eigenvalue weighted by Gasteiger charge is 2.34. The summed E-state index contributed by atoms with van der Waals surface area (Å²) in [5.41, 5.74) is 1.92. The van der Waals surface area contributed by atoms with Crippen LogP contribution in [-0.4, -0.2) is 18.9 Å². The Labute approximate surface area is 151 Å². The van der Waals surface area contributed by atoms with Crippen molar-refractivity contribution in [1.82, 2.24) is 5.32 Å². The Hall–Kier alpha value is -2.08. The average Bonchev–Trinajstić information content (AvgIpc) is 3.20. The number of carbonyl (C=O) groups excluding carboxylic acids is 2. The number of fused-ring (bicyclic) bond motifs is 1. The van der Waals surface area contributed by atoms with E-state index in [9.17, 15) is 9.59 Å². The SMILES string of the molecule is CNC(=O)c1c(NC(=O)c2ccco2)sc2c1CC[C@@H](C(C)(C)C)C2. The highest BCUT2D eigenvalue weighted by molar-refractivity contribution is 7.17. The van der Waals surface area contributed by atoms with Crippen LogP contribution in [0, 0.1) is 11.3 Å². The molecule has 6 heteroatoms. The van der Waals surface area contributed by atoms with Crippen molar-refractivity contribution in [2.45, 2.75) is 40.0 Å². The van der Waals surface area contributed by atoms with Gasteiger partial charge in [-0.15, -0.1) is 11.3 Å². The van der Waals surface area contributed by atoms with Gasteiger partial charge in [0.1, 0.15) is 5.00 Å². The van der Waals surface area contributed by atoms with Crippen molar-refractivity contribution in [2.75, 3.05) is 12.4 Å². The number of thiophene rings is 1. The molecule has 2 aromatic rings. The van der Waals surface area contributed by atoms with Gasteiger partial charge in [0.2, 0.25) is 0 Å². The topological polar surface area (TPSA) is 71.3 Å². The van der Waals surface area contributed by atoms with Crippen LogP contribution in [0.2, 0.25) is 0 Å². The summed E-state index contributed by atoms with van der Waals surface area (Å²) in [5.74, 6) is 0.328. The van der Waals surface area contributed by atoms with Crippen LogP contribution < -0.4 is 10.6 Å². The van der Waals surface area contributed by atoms with Crippen molar-refractivity contribution in [3.63, 3.8) is 0 Å². The molecule has 1 aliphatic carbocycles. The molecule has 0 aromatic carbocycles. The second kappa shape index (κ2) is 6.67. The third kappa shape index (κ3) is 3.49. The monoisotopic (exact) mass is 360 g/mol. The molecular formula is C19H24N2O3S. The van der Waals surface area contributed by atoms with Crippen LogP contribution in [0.4, 0.5) is 5.00 Å². The number of nitrogens with one attached hydrogen (secondary N) is 2. The Kier molecular flexibility index (Phi) is 4.73. The molecule has 3 rings (SSSR count). The summed E-state index contributed by atoms with van der Waals surface area (Å²) in [6.45, 7) is 6.78. The molecule has 0 aliphatic heterocycles. The summed E-state index contributed by atoms with van der Waals surface area (Å²) in [4.78, 5) is 26.0. The fourth-order valence-corrected chi connectivity index (χ4v) is 4.67. The predicted octanol–water partition coefficient (Wildman–Crippen LogP) is 4.10. The van der Waals surface area contributed by atoms with Crippen molar-refractivity contribution in [2.24, 2.45) is 11.3 Å². The van der Waals surface area contributed by atoms with E-state index >= 15 is 0 Å². The van der Waals surface area contributed by atoms with E-state index in [1.54, 1.807) is 19.2 Å². The Morgan fingerprint density at radius 1 is 1.28 bits per heavy atom. The first-order valence-corrected chi connectivity index (χ1v) is 9.34. The minimum atomic E-state index is -0.332. The molecule has 5 nitrogen and oxygen atoms in total. The molecule has 2 aromatic heterocycles. The molecule has 1 aliphatic rings. The lowest BCUT2D eigenvalue weighted by molar-refractivity contribution is 0.0963. The van der Waals surface area contributed by atoms with E-state index in [1.807, 2.05) is 0 Å². The van der Waals surface area contributed by atoms with Crippen LogP contribution in [0.5, 0.6) is 0 Å². The van der Waals surface area contributed by atoms with Crippen LogP contribution in [0.25, 0.3) is 0 Å². The van der Waals surface area contributed by atoms with Crippen LogP contribution in [0.3, 0.4) is 0 Å². The Balaban J connectivity index is 1.94. The summed E-state index contributed by atoms with van der Waals surface area (Å²) in [6, 6.07) is 3.28. The second-order valence-electron chi connectivity index (χ2n) is 7.52. The van der Waals surface area contributed by atoms with E-state index in [1.165, 1.54) is 22.5 Å². The first-order valence-electron chi connectivity index (χ1n) is 8.52. The highest BCUT2D eigenvalue weighted by atomic mass is 32.1. The minimum Gasteiger partial charge on any atom is -0.459 e. The highest BCUT2D eigenvalue weighted by Crippen LogP contribution is 2.44. The maximum absolute atomic E-state index is 12.4. The van der Waals surface area contributed by atoms with Gasteiger partial charge in [-0.2, -0.15) is 0 Å². The normalized spacial score (nSPS) is 17.0. The van der Waals surface area contributed by atoms with E-state index in [-0.39, 0.29) is 23.0 Å². The molecule has 2 N–H and O–H groups in total. The van der Waals surface area contributed by atoms with Crippen LogP contribution in [-0.2, 0) is 12.8 Å². The fraction of sp³-hybridized carbons (Fsp3) is 0.474. The molecule has 2 heterocycles. The van der Waals surface area contributed by atoms with Crippen molar-refractivity contribution >= 4 is 28.2 Å².